The third kappa shape index (κ3) is 3.28. The zero-order valence-electron chi connectivity index (χ0n) is 11.3. The molecular weight excluding hydrogens is 298 g/mol. The molecule has 0 atom stereocenters. The lowest BCUT2D eigenvalue weighted by Crippen LogP contribution is -1.95. The predicted molar refractivity (Wildman–Crippen MR) is 80.8 cm³/mol. The molecule has 0 saturated heterocycles. The fourth-order valence-corrected chi connectivity index (χ4v) is 2.29. The fourth-order valence-electron chi connectivity index (χ4n) is 1.84. The molecule has 1 fully saturated rings. The maximum Gasteiger partial charge on any atom is 0.163 e. The van der Waals surface area contributed by atoms with Crippen LogP contribution >= 0.6 is 23.2 Å². The van der Waals surface area contributed by atoms with Crippen LogP contribution in [0.25, 0.3) is 11.4 Å². The summed E-state index contributed by atoms with van der Waals surface area (Å²) in [6.07, 6.45) is 3.92. The van der Waals surface area contributed by atoms with E-state index < -0.39 is 5.82 Å². The first-order valence-electron chi connectivity index (χ1n) is 6.63. The molecule has 3 rings (SSSR count). The molecular formula is C15H15Cl2FN2. The van der Waals surface area contributed by atoms with Gasteiger partial charge in [-0.05, 0) is 37.0 Å². The van der Waals surface area contributed by atoms with Gasteiger partial charge in [-0.15, -0.1) is 0 Å². The van der Waals surface area contributed by atoms with Crippen LogP contribution in [-0.4, -0.2) is 9.97 Å². The normalized spacial score (nSPS) is 13.7. The molecule has 0 aliphatic heterocycles. The Morgan fingerprint density at radius 1 is 1.20 bits per heavy atom. The van der Waals surface area contributed by atoms with Crippen molar-refractivity contribution in [3.05, 3.63) is 46.0 Å². The Balaban J connectivity index is 0.000000704. The highest BCUT2D eigenvalue weighted by molar-refractivity contribution is 6.31. The zero-order valence-corrected chi connectivity index (χ0v) is 12.8. The lowest BCUT2D eigenvalue weighted by molar-refractivity contribution is 0.630. The van der Waals surface area contributed by atoms with Gasteiger partial charge >= 0.3 is 0 Å². The topological polar surface area (TPSA) is 25.8 Å². The molecule has 0 N–H and O–H groups in total. The van der Waals surface area contributed by atoms with Crippen LogP contribution in [0.5, 0.6) is 0 Å². The van der Waals surface area contributed by atoms with Crippen molar-refractivity contribution >= 4 is 23.2 Å². The highest BCUT2D eigenvalue weighted by Gasteiger charge is 2.27. The first-order chi connectivity index (χ1) is 9.65. The van der Waals surface area contributed by atoms with Crippen molar-refractivity contribution in [2.75, 3.05) is 0 Å². The lowest BCUT2D eigenvalue weighted by Gasteiger charge is -2.05. The Bertz CT molecular complexity index is 613. The maximum atomic E-state index is 13.7. The number of halogens is 3. The fraction of sp³-hybridized carbons (Fsp3) is 0.333. The number of nitrogens with zero attached hydrogens (tertiary/aromatic N) is 2. The highest BCUT2D eigenvalue weighted by Crippen LogP contribution is 2.42. The van der Waals surface area contributed by atoms with Crippen molar-refractivity contribution in [1.29, 1.82) is 0 Å². The Morgan fingerprint density at radius 3 is 2.50 bits per heavy atom. The molecule has 1 saturated carbocycles. The van der Waals surface area contributed by atoms with Crippen molar-refractivity contribution in [2.24, 2.45) is 0 Å². The van der Waals surface area contributed by atoms with E-state index in [2.05, 4.69) is 9.97 Å². The molecule has 0 unspecified atom stereocenters. The van der Waals surface area contributed by atoms with Gasteiger partial charge in [0.1, 0.15) is 11.0 Å². The first kappa shape index (κ1) is 15.2. The van der Waals surface area contributed by atoms with E-state index in [0.29, 0.717) is 16.1 Å². The average molecular weight is 313 g/mol. The van der Waals surface area contributed by atoms with Gasteiger partial charge in [0, 0.05) is 16.8 Å². The largest absolute Gasteiger partial charge is 0.236 e. The smallest absolute Gasteiger partial charge is 0.163 e. The minimum absolute atomic E-state index is 0.268. The van der Waals surface area contributed by atoms with Crippen LogP contribution in [0, 0.1) is 5.82 Å². The van der Waals surface area contributed by atoms with E-state index in [-0.39, 0.29) is 11.4 Å². The number of benzene rings is 1. The van der Waals surface area contributed by atoms with Gasteiger partial charge in [0.05, 0.1) is 5.56 Å². The number of hydrogen-bond donors (Lipinski definition) is 0. The van der Waals surface area contributed by atoms with E-state index in [9.17, 15) is 4.39 Å². The van der Waals surface area contributed by atoms with Gasteiger partial charge in [-0.3, -0.25) is 0 Å². The molecule has 0 radical (unpaired) electrons. The van der Waals surface area contributed by atoms with E-state index >= 15 is 0 Å². The van der Waals surface area contributed by atoms with Crippen molar-refractivity contribution in [3.8, 4) is 11.4 Å². The molecule has 1 aromatic carbocycles. The van der Waals surface area contributed by atoms with Gasteiger partial charge in [0.15, 0.2) is 5.82 Å². The van der Waals surface area contributed by atoms with E-state index in [1.54, 1.807) is 6.20 Å². The Morgan fingerprint density at radius 2 is 1.90 bits per heavy atom. The molecule has 20 heavy (non-hydrogen) atoms. The minimum atomic E-state index is -0.408. The summed E-state index contributed by atoms with van der Waals surface area (Å²) < 4.78 is 13.7. The zero-order chi connectivity index (χ0) is 14.7. The van der Waals surface area contributed by atoms with Crippen LogP contribution in [0.2, 0.25) is 10.2 Å². The molecule has 5 heteroatoms. The van der Waals surface area contributed by atoms with Gasteiger partial charge < -0.3 is 0 Å². The highest BCUT2D eigenvalue weighted by atomic mass is 35.5. The van der Waals surface area contributed by atoms with Crippen molar-refractivity contribution < 1.29 is 4.39 Å². The molecule has 1 aliphatic rings. The second-order valence-corrected chi connectivity index (χ2v) is 5.13. The van der Waals surface area contributed by atoms with E-state index in [1.165, 1.54) is 18.2 Å². The molecule has 1 aliphatic carbocycles. The molecule has 0 spiro atoms. The predicted octanol–water partition coefficient (Wildman–Crippen LogP) is 5.49. The van der Waals surface area contributed by atoms with Crippen molar-refractivity contribution in [1.82, 2.24) is 9.97 Å². The van der Waals surface area contributed by atoms with E-state index in [4.69, 9.17) is 23.2 Å². The number of rotatable bonds is 2. The van der Waals surface area contributed by atoms with E-state index in [0.717, 1.165) is 18.4 Å². The number of hydrogen-bond acceptors (Lipinski definition) is 2. The van der Waals surface area contributed by atoms with Gasteiger partial charge in [0.2, 0.25) is 0 Å². The molecule has 2 aromatic rings. The monoisotopic (exact) mass is 312 g/mol. The van der Waals surface area contributed by atoms with Gasteiger partial charge in [-0.2, -0.15) is 0 Å². The van der Waals surface area contributed by atoms with Crippen LogP contribution in [0.3, 0.4) is 0 Å². The van der Waals surface area contributed by atoms with Gasteiger partial charge in [-0.1, -0.05) is 37.0 Å². The second-order valence-electron chi connectivity index (χ2n) is 4.34. The summed E-state index contributed by atoms with van der Waals surface area (Å²) >= 11 is 11.9. The summed E-state index contributed by atoms with van der Waals surface area (Å²) in [6, 6.07) is 4.28. The van der Waals surface area contributed by atoms with Crippen LogP contribution < -0.4 is 0 Å². The lowest BCUT2D eigenvalue weighted by atomic mass is 10.2. The van der Waals surface area contributed by atoms with Crippen LogP contribution in [0.1, 0.15) is 38.2 Å². The molecule has 0 bridgehead atoms. The molecule has 1 aromatic heterocycles. The quantitative estimate of drug-likeness (QED) is 0.685. The SMILES string of the molecule is CC.Fc1ccc(Cl)cc1-c1ncc(C2CC2)c(Cl)n1. The Labute approximate surface area is 128 Å². The minimum Gasteiger partial charge on any atom is -0.236 e. The summed E-state index contributed by atoms with van der Waals surface area (Å²) in [5.41, 5.74) is 1.22. The van der Waals surface area contributed by atoms with E-state index in [1.807, 2.05) is 13.8 Å². The molecule has 1 heterocycles. The maximum absolute atomic E-state index is 13.7. The summed E-state index contributed by atoms with van der Waals surface area (Å²) in [6.45, 7) is 4.00. The summed E-state index contributed by atoms with van der Waals surface area (Å²) in [4.78, 5) is 8.34. The molecule has 2 nitrogen and oxygen atoms in total. The summed E-state index contributed by atoms with van der Waals surface area (Å²) in [5, 5.41) is 0.847. The molecule has 0 amide bonds. The van der Waals surface area contributed by atoms with Crippen LogP contribution in [-0.2, 0) is 0 Å². The average Bonchev–Trinajstić information content (AvgIpc) is 3.28. The van der Waals surface area contributed by atoms with Gasteiger partial charge in [-0.25, -0.2) is 14.4 Å². The second kappa shape index (κ2) is 6.51. The molecule has 106 valence electrons. The third-order valence-corrected chi connectivity index (χ3v) is 3.49. The number of aromatic nitrogens is 2. The van der Waals surface area contributed by atoms with Crippen molar-refractivity contribution in [2.45, 2.75) is 32.6 Å². The summed E-state index contributed by atoms with van der Waals surface area (Å²) in [7, 11) is 0. The van der Waals surface area contributed by atoms with Crippen LogP contribution in [0.4, 0.5) is 4.39 Å². The Hall–Kier alpha value is -1.19. The van der Waals surface area contributed by atoms with Gasteiger partial charge in [0.25, 0.3) is 0 Å². The standard InChI is InChI=1S/C13H9Cl2FN2.C2H6/c14-8-3-4-11(16)9(5-8)13-17-6-10(7-1-2-7)12(15)18-13;1-2/h3-7H,1-2H2;1-2H3. The Kier molecular flexibility index (Phi) is 4.95. The van der Waals surface area contributed by atoms with Crippen molar-refractivity contribution in [3.63, 3.8) is 0 Å². The summed E-state index contributed by atoms with van der Waals surface area (Å²) in [5.74, 6) is 0.329. The van der Waals surface area contributed by atoms with Crippen LogP contribution in [0.15, 0.2) is 24.4 Å². The first-order valence-corrected chi connectivity index (χ1v) is 7.38. The third-order valence-electron chi connectivity index (χ3n) is 2.95.